The van der Waals surface area contributed by atoms with Crippen molar-refractivity contribution in [3.63, 3.8) is 0 Å². The quantitative estimate of drug-likeness (QED) is 0.459. The molecule has 4 rings (SSSR count). The van der Waals surface area contributed by atoms with E-state index in [2.05, 4.69) is 0 Å². The molecule has 1 aliphatic rings. The number of aryl methyl sites for hydroxylation is 1. The molecule has 0 amide bonds. The Morgan fingerprint density at radius 3 is 2.45 bits per heavy atom. The van der Waals surface area contributed by atoms with E-state index in [1.165, 1.54) is 0 Å². The molecule has 0 saturated heterocycles. The Hall–Kier alpha value is -2.53. The van der Waals surface area contributed by atoms with Crippen LogP contribution in [0.5, 0.6) is 17.2 Å². The Morgan fingerprint density at radius 2 is 1.76 bits per heavy atom. The van der Waals surface area contributed by atoms with Crippen molar-refractivity contribution < 1.29 is 23.0 Å². The fourth-order valence-corrected chi connectivity index (χ4v) is 4.08. The number of fused-ring (bicyclic) bond motifs is 2. The monoisotopic (exact) mass is 418 g/mol. The molecule has 3 nitrogen and oxygen atoms in total. The lowest BCUT2D eigenvalue weighted by Gasteiger charge is -2.18. The molecule has 0 radical (unpaired) electrons. The fourth-order valence-electron chi connectivity index (χ4n) is 3.85. The van der Waals surface area contributed by atoms with Crippen molar-refractivity contribution in [2.24, 2.45) is 0 Å². The third-order valence-corrected chi connectivity index (χ3v) is 5.53. The Bertz CT molecular complexity index is 1080. The van der Waals surface area contributed by atoms with E-state index in [0.717, 1.165) is 21.9 Å². The summed E-state index contributed by atoms with van der Waals surface area (Å²) in [6.45, 7) is 3.96. The molecule has 0 spiro atoms. The summed E-state index contributed by atoms with van der Waals surface area (Å²) in [6.07, 6.45) is -2.61. The Labute approximate surface area is 173 Å². The summed E-state index contributed by atoms with van der Waals surface area (Å²) in [5.74, 6) is 0.742. The average molecular weight is 419 g/mol. The van der Waals surface area contributed by atoms with Crippen LogP contribution in [0.15, 0.2) is 42.5 Å². The van der Waals surface area contributed by atoms with Gasteiger partial charge in [0, 0.05) is 21.5 Å². The normalized spacial score (nSPS) is 14.6. The molecule has 0 bridgehead atoms. The van der Waals surface area contributed by atoms with Crippen LogP contribution in [0.3, 0.4) is 0 Å². The third kappa shape index (κ3) is 3.60. The van der Waals surface area contributed by atoms with Crippen LogP contribution in [-0.4, -0.2) is 13.4 Å². The van der Waals surface area contributed by atoms with Crippen LogP contribution in [0.4, 0.5) is 8.78 Å². The lowest BCUT2D eigenvalue weighted by atomic mass is 9.93. The molecular formula is C23H21ClF2O3. The Morgan fingerprint density at radius 1 is 1.03 bits per heavy atom. The molecule has 0 N–H and O–H groups in total. The molecule has 0 aromatic heterocycles. The number of ether oxygens (including phenoxy) is 3. The second-order valence-corrected chi connectivity index (χ2v) is 7.79. The summed E-state index contributed by atoms with van der Waals surface area (Å²) < 4.78 is 42.8. The van der Waals surface area contributed by atoms with E-state index in [1.54, 1.807) is 13.2 Å². The summed E-state index contributed by atoms with van der Waals surface area (Å²) in [6, 6.07) is 13.3. The largest absolute Gasteiger partial charge is 0.586 e. The van der Waals surface area contributed by atoms with Crippen molar-refractivity contribution in [2.75, 3.05) is 7.11 Å². The van der Waals surface area contributed by atoms with Gasteiger partial charge in [0.1, 0.15) is 5.75 Å². The van der Waals surface area contributed by atoms with Gasteiger partial charge in [0.15, 0.2) is 11.5 Å². The number of rotatable bonds is 5. The van der Waals surface area contributed by atoms with Gasteiger partial charge in [-0.1, -0.05) is 55.8 Å². The van der Waals surface area contributed by atoms with Gasteiger partial charge in [-0.05, 0) is 41.8 Å². The van der Waals surface area contributed by atoms with Gasteiger partial charge in [0.2, 0.25) is 0 Å². The molecule has 1 heterocycles. The van der Waals surface area contributed by atoms with Crippen LogP contribution in [0.2, 0.25) is 5.02 Å². The van der Waals surface area contributed by atoms with Crippen LogP contribution < -0.4 is 14.2 Å². The summed E-state index contributed by atoms with van der Waals surface area (Å²) >= 11 is 6.32. The Balaban J connectivity index is 1.77. The molecule has 29 heavy (non-hydrogen) atoms. The lowest BCUT2D eigenvalue weighted by Crippen LogP contribution is -2.26. The first-order valence-electron chi connectivity index (χ1n) is 9.46. The highest BCUT2D eigenvalue weighted by Crippen LogP contribution is 2.50. The number of halogens is 3. The van der Waals surface area contributed by atoms with Crippen molar-refractivity contribution >= 4 is 22.4 Å². The second-order valence-electron chi connectivity index (χ2n) is 7.38. The maximum Gasteiger partial charge on any atom is 0.586 e. The van der Waals surface area contributed by atoms with Crippen LogP contribution in [0.25, 0.3) is 10.8 Å². The average Bonchev–Trinajstić information content (AvgIpc) is 3.00. The van der Waals surface area contributed by atoms with E-state index in [-0.39, 0.29) is 17.4 Å². The molecule has 0 fully saturated rings. The van der Waals surface area contributed by atoms with Crippen LogP contribution in [-0.2, 0) is 12.8 Å². The molecular weight excluding hydrogens is 398 g/mol. The van der Waals surface area contributed by atoms with Crippen molar-refractivity contribution in [1.82, 2.24) is 0 Å². The zero-order valence-corrected chi connectivity index (χ0v) is 17.1. The van der Waals surface area contributed by atoms with Gasteiger partial charge in [-0.3, -0.25) is 0 Å². The highest BCUT2D eigenvalue weighted by molar-refractivity contribution is 6.35. The Kier molecular flexibility index (Phi) is 5.03. The molecule has 0 unspecified atom stereocenters. The first kappa shape index (κ1) is 19.8. The molecule has 3 aromatic carbocycles. The first-order valence-corrected chi connectivity index (χ1v) is 9.84. The maximum atomic E-state index is 13.8. The van der Waals surface area contributed by atoms with Crippen LogP contribution in [0.1, 0.15) is 36.5 Å². The number of alkyl halides is 2. The van der Waals surface area contributed by atoms with Crippen molar-refractivity contribution in [1.29, 1.82) is 0 Å². The molecule has 0 saturated carbocycles. The van der Waals surface area contributed by atoms with E-state index in [1.807, 2.05) is 50.2 Å². The predicted molar refractivity (Wildman–Crippen MR) is 110 cm³/mol. The molecule has 3 aromatic rings. The van der Waals surface area contributed by atoms with Gasteiger partial charge in [-0.15, -0.1) is 8.78 Å². The highest BCUT2D eigenvalue weighted by atomic mass is 35.5. The van der Waals surface area contributed by atoms with Gasteiger partial charge >= 0.3 is 6.29 Å². The standard InChI is InChI=1S/C23H21ClF2O3/c1-13(2)18-12-20-22(29-23(25,26)28-20)17(21(18)27-3)10-8-14-9-11-19(24)16-7-5-4-6-15(14)16/h4-7,9,11-13H,8,10H2,1-3H3. The van der Waals surface area contributed by atoms with Crippen LogP contribution >= 0.6 is 11.6 Å². The van der Waals surface area contributed by atoms with Gasteiger partial charge < -0.3 is 14.2 Å². The fraction of sp³-hybridized carbons (Fsp3) is 0.304. The minimum absolute atomic E-state index is 0.0505. The minimum Gasteiger partial charge on any atom is -0.496 e. The van der Waals surface area contributed by atoms with Crippen LogP contribution in [0, 0.1) is 0 Å². The SMILES string of the molecule is COc1c(C(C)C)cc2c(c1CCc1ccc(Cl)c3ccccc13)OC(F)(F)O2. The zero-order valence-electron chi connectivity index (χ0n) is 16.4. The molecule has 0 atom stereocenters. The van der Waals surface area contributed by atoms with E-state index in [0.29, 0.717) is 29.2 Å². The van der Waals surface area contributed by atoms with E-state index < -0.39 is 6.29 Å². The van der Waals surface area contributed by atoms with Gasteiger partial charge in [0.25, 0.3) is 0 Å². The predicted octanol–water partition coefficient (Wildman–Crippen LogP) is 6.73. The first-order chi connectivity index (χ1) is 13.8. The van der Waals surface area contributed by atoms with Gasteiger partial charge in [-0.25, -0.2) is 0 Å². The topological polar surface area (TPSA) is 27.7 Å². The zero-order chi connectivity index (χ0) is 20.8. The maximum absolute atomic E-state index is 13.8. The number of hydrogen-bond donors (Lipinski definition) is 0. The molecule has 0 aliphatic carbocycles. The van der Waals surface area contributed by atoms with Crippen molar-refractivity contribution in [3.05, 3.63) is 64.2 Å². The third-order valence-electron chi connectivity index (χ3n) is 5.20. The van der Waals surface area contributed by atoms with Gasteiger partial charge in [0.05, 0.1) is 7.11 Å². The molecule has 1 aliphatic heterocycles. The lowest BCUT2D eigenvalue weighted by molar-refractivity contribution is -0.286. The summed E-state index contributed by atoms with van der Waals surface area (Å²) in [5.41, 5.74) is 2.47. The van der Waals surface area contributed by atoms with Crippen molar-refractivity contribution in [2.45, 2.75) is 38.9 Å². The number of methoxy groups -OCH3 is 1. The number of hydrogen-bond acceptors (Lipinski definition) is 3. The van der Waals surface area contributed by atoms with Crippen molar-refractivity contribution in [3.8, 4) is 17.2 Å². The smallest absolute Gasteiger partial charge is 0.496 e. The molecule has 152 valence electrons. The number of benzene rings is 3. The van der Waals surface area contributed by atoms with Gasteiger partial charge in [-0.2, -0.15) is 0 Å². The molecule has 6 heteroatoms. The minimum atomic E-state index is -3.68. The summed E-state index contributed by atoms with van der Waals surface area (Å²) in [7, 11) is 1.54. The second kappa shape index (κ2) is 7.38. The summed E-state index contributed by atoms with van der Waals surface area (Å²) in [4.78, 5) is 0. The summed E-state index contributed by atoms with van der Waals surface area (Å²) in [5, 5.41) is 2.69. The highest BCUT2D eigenvalue weighted by Gasteiger charge is 2.45. The van der Waals surface area contributed by atoms with E-state index >= 15 is 0 Å². The van der Waals surface area contributed by atoms with E-state index in [4.69, 9.17) is 25.8 Å². The van der Waals surface area contributed by atoms with E-state index in [9.17, 15) is 8.78 Å².